The van der Waals surface area contributed by atoms with E-state index in [4.69, 9.17) is 10.7 Å². The van der Waals surface area contributed by atoms with Crippen LogP contribution in [0.4, 0.5) is 5.69 Å². The van der Waals surface area contributed by atoms with E-state index in [9.17, 15) is 15.0 Å². The number of aliphatic hydroxyl groups is 1. The molecule has 0 amide bonds. The fourth-order valence-corrected chi connectivity index (χ4v) is 5.05. The number of nitrogens with zero attached hydrogens (tertiary/aromatic N) is 5. The van der Waals surface area contributed by atoms with Crippen molar-refractivity contribution in [3.63, 3.8) is 0 Å². The maximum atomic E-state index is 11.8. The van der Waals surface area contributed by atoms with E-state index >= 15 is 0 Å². The van der Waals surface area contributed by atoms with Crippen molar-refractivity contribution in [2.24, 2.45) is 11.7 Å². The molecule has 5 rings (SSSR count). The van der Waals surface area contributed by atoms with E-state index in [-0.39, 0.29) is 12.6 Å². The molecule has 192 valence electrons. The van der Waals surface area contributed by atoms with E-state index in [0.29, 0.717) is 24.5 Å². The molecule has 4 N–H and O–H groups in total. The maximum Gasteiger partial charge on any atom is 0.308 e. The van der Waals surface area contributed by atoms with Crippen molar-refractivity contribution in [1.29, 1.82) is 0 Å². The van der Waals surface area contributed by atoms with E-state index in [0.717, 1.165) is 59.3 Å². The van der Waals surface area contributed by atoms with Crippen LogP contribution in [0.25, 0.3) is 28.0 Å². The highest BCUT2D eigenvalue weighted by Gasteiger charge is 2.27. The van der Waals surface area contributed by atoms with Gasteiger partial charge in [0.2, 0.25) is 0 Å². The molecule has 1 saturated heterocycles. The molecule has 9 nitrogen and oxygen atoms in total. The van der Waals surface area contributed by atoms with Gasteiger partial charge in [-0.05, 0) is 55.7 Å². The Labute approximate surface area is 215 Å². The average molecular weight is 501 g/mol. The summed E-state index contributed by atoms with van der Waals surface area (Å²) in [5, 5.41) is 24.8. The van der Waals surface area contributed by atoms with Gasteiger partial charge >= 0.3 is 5.97 Å². The Kier molecular flexibility index (Phi) is 7.16. The van der Waals surface area contributed by atoms with Crippen molar-refractivity contribution in [3.05, 3.63) is 66.1 Å². The highest BCUT2D eigenvalue weighted by Crippen LogP contribution is 2.36. The molecule has 3 aromatic heterocycles. The van der Waals surface area contributed by atoms with E-state index in [1.54, 1.807) is 16.9 Å². The Morgan fingerprint density at radius 1 is 1.19 bits per heavy atom. The molecule has 0 saturated carbocycles. The fraction of sp³-hybridized carbons (Fsp3) is 0.357. The first-order valence-corrected chi connectivity index (χ1v) is 12.8. The second-order valence-electron chi connectivity index (χ2n) is 9.60. The van der Waals surface area contributed by atoms with Gasteiger partial charge in [-0.1, -0.05) is 25.5 Å². The number of carboxylic acids is 1. The number of rotatable bonds is 8. The third kappa shape index (κ3) is 5.05. The maximum absolute atomic E-state index is 11.8. The number of benzene rings is 1. The number of carboxylic acid groups (broad SMARTS) is 1. The fourth-order valence-electron chi connectivity index (χ4n) is 5.05. The summed E-state index contributed by atoms with van der Waals surface area (Å²) in [6.07, 6.45) is 5.10. The Morgan fingerprint density at radius 3 is 2.81 bits per heavy atom. The normalized spacial score (nSPS) is 16.7. The summed E-state index contributed by atoms with van der Waals surface area (Å²) in [5.41, 5.74) is 11.2. The average Bonchev–Trinajstić information content (AvgIpc) is 3.37. The van der Waals surface area contributed by atoms with Crippen LogP contribution >= 0.6 is 0 Å². The number of anilines is 1. The second-order valence-corrected chi connectivity index (χ2v) is 9.60. The first-order valence-electron chi connectivity index (χ1n) is 12.8. The summed E-state index contributed by atoms with van der Waals surface area (Å²) in [6.45, 7) is 3.14. The lowest BCUT2D eigenvalue weighted by Gasteiger charge is -2.33. The number of hydrogen-bond donors (Lipinski definition) is 3. The minimum atomic E-state index is -0.767. The number of fused-ring (bicyclic) bond motifs is 1. The minimum absolute atomic E-state index is 0.137. The Morgan fingerprint density at radius 2 is 2.03 bits per heavy atom. The van der Waals surface area contributed by atoms with Crippen LogP contribution in [0.2, 0.25) is 0 Å². The van der Waals surface area contributed by atoms with Gasteiger partial charge in [0.15, 0.2) is 5.82 Å². The highest BCUT2D eigenvalue weighted by molar-refractivity contribution is 5.96. The lowest BCUT2D eigenvalue weighted by Crippen LogP contribution is -2.38. The molecule has 0 bridgehead atoms. The Bertz CT molecular complexity index is 1420. The predicted molar refractivity (Wildman–Crippen MR) is 142 cm³/mol. The predicted octanol–water partition coefficient (Wildman–Crippen LogP) is 4.08. The summed E-state index contributed by atoms with van der Waals surface area (Å²) in [7, 11) is 0. The van der Waals surface area contributed by atoms with Crippen LogP contribution in [-0.4, -0.2) is 49.0 Å². The van der Waals surface area contributed by atoms with E-state index < -0.39 is 11.9 Å². The largest absolute Gasteiger partial charge is 0.481 e. The number of aliphatic carboxylic acids is 1. The molecule has 1 aliphatic heterocycles. The van der Waals surface area contributed by atoms with Crippen LogP contribution in [0.5, 0.6) is 0 Å². The summed E-state index contributed by atoms with van der Waals surface area (Å²) < 4.78 is 1.76. The molecule has 1 unspecified atom stereocenters. The molecule has 0 aliphatic carbocycles. The minimum Gasteiger partial charge on any atom is -0.481 e. The van der Waals surface area contributed by atoms with Crippen LogP contribution in [0.1, 0.15) is 50.0 Å². The summed E-state index contributed by atoms with van der Waals surface area (Å²) in [6, 6.07) is 15.3. The molecule has 0 spiro atoms. The molecule has 37 heavy (non-hydrogen) atoms. The van der Waals surface area contributed by atoms with Crippen molar-refractivity contribution in [2.45, 2.75) is 45.3 Å². The first kappa shape index (κ1) is 24.9. The second kappa shape index (κ2) is 10.7. The number of pyridine rings is 2. The third-order valence-corrected chi connectivity index (χ3v) is 7.00. The lowest BCUT2D eigenvalue weighted by molar-refractivity contribution is -0.141. The standard InChI is InChI=1S/C28H32N6O3/c1-2-6-22(29)24-10-4-9-23(32-24)19-13-25(33-12-5-7-18(16-33)28(36)37)21-15-30-34(26(21)14-19)27-11-3-8-20(17-35)31-27/h3-4,8-11,13-15,18,22,35H,2,5-7,12,16-17,29H2,1H3,(H,36,37)/t18?,22-/m0/s1. The Hall–Kier alpha value is -3.82. The van der Waals surface area contributed by atoms with Gasteiger partial charge in [-0.3, -0.25) is 9.78 Å². The molecule has 2 atom stereocenters. The molecular weight excluding hydrogens is 468 g/mol. The molecule has 1 aliphatic rings. The first-order chi connectivity index (χ1) is 18.0. The van der Waals surface area contributed by atoms with Crippen LogP contribution in [0.15, 0.2) is 54.7 Å². The molecule has 0 radical (unpaired) electrons. The zero-order valence-electron chi connectivity index (χ0n) is 20.9. The van der Waals surface area contributed by atoms with Crippen LogP contribution in [0, 0.1) is 5.92 Å². The number of aliphatic hydroxyl groups excluding tert-OH is 1. The van der Waals surface area contributed by atoms with Crippen LogP contribution in [0.3, 0.4) is 0 Å². The monoisotopic (exact) mass is 500 g/mol. The van der Waals surface area contributed by atoms with Gasteiger partial charge in [0.25, 0.3) is 0 Å². The Balaban J connectivity index is 1.67. The van der Waals surface area contributed by atoms with E-state index in [2.05, 4.69) is 28.0 Å². The molecule has 4 heterocycles. The molecule has 1 aromatic carbocycles. The van der Waals surface area contributed by atoms with Crippen molar-refractivity contribution in [3.8, 4) is 17.1 Å². The molecule has 4 aromatic rings. The van der Waals surface area contributed by atoms with Crippen LogP contribution < -0.4 is 10.6 Å². The smallest absolute Gasteiger partial charge is 0.308 e. The number of hydrogen-bond acceptors (Lipinski definition) is 7. The molecule has 9 heteroatoms. The topological polar surface area (TPSA) is 130 Å². The lowest BCUT2D eigenvalue weighted by atomic mass is 9.96. The third-order valence-electron chi connectivity index (χ3n) is 7.00. The number of aromatic nitrogens is 4. The molecule has 1 fully saturated rings. The van der Waals surface area contributed by atoms with Gasteiger partial charge in [-0.25, -0.2) is 9.67 Å². The van der Waals surface area contributed by atoms with Gasteiger partial charge < -0.3 is 20.8 Å². The van der Waals surface area contributed by atoms with Crippen molar-refractivity contribution >= 4 is 22.6 Å². The number of carbonyl (C=O) groups is 1. The van der Waals surface area contributed by atoms with Gasteiger partial charge in [-0.2, -0.15) is 5.10 Å². The number of piperidine rings is 1. The van der Waals surface area contributed by atoms with Crippen molar-refractivity contribution in [1.82, 2.24) is 19.7 Å². The zero-order valence-corrected chi connectivity index (χ0v) is 20.9. The number of nitrogens with two attached hydrogens (primary N) is 1. The van der Waals surface area contributed by atoms with E-state index in [1.807, 2.05) is 36.4 Å². The van der Waals surface area contributed by atoms with Gasteiger partial charge in [-0.15, -0.1) is 0 Å². The van der Waals surface area contributed by atoms with Gasteiger partial charge in [0.1, 0.15) is 0 Å². The molecular formula is C28H32N6O3. The van der Waals surface area contributed by atoms with E-state index in [1.165, 1.54) is 0 Å². The summed E-state index contributed by atoms with van der Waals surface area (Å²) in [4.78, 5) is 23.4. The summed E-state index contributed by atoms with van der Waals surface area (Å²) in [5.74, 6) is -0.589. The zero-order chi connectivity index (χ0) is 25.9. The SMILES string of the molecule is CCC[C@H](N)c1cccc(-c2cc(N3CCCC(C(=O)O)C3)c3cnn(-c4cccc(CO)n4)c3c2)n1. The summed E-state index contributed by atoms with van der Waals surface area (Å²) >= 11 is 0. The van der Waals surface area contributed by atoms with Gasteiger partial charge in [0, 0.05) is 35.8 Å². The quantitative estimate of drug-likeness (QED) is 0.330. The van der Waals surface area contributed by atoms with Crippen molar-refractivity contribution < 1.29 is 15.0 Å². The van der Waals surface area contributed by atoms with Gasteiger partial charge in [0.05, 0.1) is 41.3 Å². The van der Waals surface area contributed by atoms with Crippen LogP contribution in [-0.2, 0) is 11.4 Å². The highest BCUT2D eigenvalue weighted by atomic mass is 16.4. The van der Waals surface area contributed by atoms with Crippen molar-refractivity contribution in [2.75, 3.05) is 18.0 Å².